The molecule has 11 heteroatoms. The van der Waals surface area contributed by atoms with Gasteiger partial charge in [-0.3, -0.25) is 0 Å². The second-order valence-electron chi connectivity index (χ2n) is 6.60. The number of benzene rings is 2. The van der Waals surface area contributed by atoms with Crippen molar-refractivity contribution in [2.75, 3.05) is 18.8 Å². The maximum Gasteiger partial charge on any atom is 0.573 e. The first-order valence-corrected chi connectivity index (χ1v) is 10.5. The molecule has 3 rings (SSSR count). The van der Waals surface area contributed by atoms with Crippen molar-refractivity contribution in [3.63, 3.8) is 0 Å². The van der Waals surface area contributed by atoms with Gasteiger partial charge in [-0.1, -0.05) is 17.3 Å². The number of halogens is 3. The van der Waals surface area contributed by atoms with E-state index in [2.05, 4.69) is 9.89 Å². The van der Waals surface area contributed by atoms with Gasteiger partial charge in [0.15, 0.2) is 0 Å². The Morgan fingerprint density at radius 2 is 1.73 bits per heavy atom. The minimum atomic E-state index is -4.84. The summed E-state index contributed by atoms with van der Waals surface area (Å²) in [6, 6.07) is 11.3. The zero-order chi connectivity index (χ0) is 21.8. The molecule has 162 valence electrons. The summed E-state index contributed by atoms with van der Waals surface area (Å²) >= 11 is 0. The van der Waals surface area contributed by atoms with E-state index in [1.165, 1.54) is 4.31 Å². The van der Waals surface area contributed by atoms with Gasteiger partial charge in [0.25, 0.3) is 0 Å². The summed E-state index contributed by atoms with van der Waals surface area (Å²) < 4.78 is 67.1. The lowest BCUT2D eigenvalue weighted by molar-refractivity contribution is -0.274. The number of hydrogen-bond donors (Lipinski definition) is 1. The van der Waals surface area contributed by atoms with Crippen molar-refractivity contribution < 1.29 is 31.2 Å². The number of hydrogen-bond acceptors (Lipinski definition) is 6. The lowest BCUT2D eigenvalue weighted by Gasteiger charge is -2.26. The fourth-order valence-electron chi connectivity index (χ4n) is 2.92. The number of rotatable bonds is 6. The molecule has 2 aromatic rings. The van der Waals surface area contributed by atoms with E-state index in [0.29, 0.717) is 18.5 Å². The van der Waals surface area contributed by atoms with Gasteiger partial charge in [-0.25, -0.2) is 8.42 Å². The molecular formula is C19H20F3N3O4S. The monoisotopic (exact) mass is 443 g/mol. The molecule has 2 N–H and O–H groups in total. The van der Waals surface area contributed by atoms with Crippen LogP contribution in [0, 0.1) is 0 Å². The van der Waals surface area contributed by atoms with Crippen LogP contribution in [-0.4, -0.2) is 37.9 Å². The summed E-state index contributed by atoms with van der Waals surface area (Å²) in [5, 5.41) is 4.07. The van der Waals surface area contributed by atoms with Gasteiger partial charge in [0.1, 0.15) is 12.4 Å². The van der Waals surface area contributed by atoms with Crippen LogP contribution in [0.5, 0.6) is 5.75 Å². The molecule has 0 atom stereocenters. The molecule has 7 nitrogen and oxygen atoms in total. The minimum Gasteiger partial charge on any atom is -0.406 e. The minimum absolute atomic E-state index is 0.102. The van der Waals surface area contributed by atoms with Crippen LogP contribution in [0.3, 0.4) is 0 Å². The SMILES string of the molecule is Nc1cccc(CON=C2CCN(S(=O)(=O)c3ccc(OC(F)(F)F)cc3)CC2)c1. The van der Waals surface area contributed by atoms with Gasteiger partial charge in [-0.2, -0.15) is 4.31 Å². The highest BCUT2D eigenvalue weighted by Gasteiger charge is 2.32. The van der Waals surface area contributed by atoms with E-state index in [1.54, 1.807) is 12.1 Å². The molecule has 0 spiro atoms. The molecule has 1 saturated heterocycles. The van der Waals surface area contributed by atoms with Gasteiger partial charge in [0.2, 0.25) is 10.0 Å². The van der Waals surface area contributed by atoms with Crippen molar-refractivity contribution >= 4 is 21.4 Å². The van der Waals surface area contributed by atoms with Gasteiger partial charge in [0, 0.05) is 31.6 Å². The maximum absolute atomic E-state index is 12.7. The average molecular weight is 443 g/mol. The van der Waals surface area contributed by atoms with Crippen molar-refractivity contribution in [1.29, 1.82) is 0 Å². The van der Waals surface area contributed by atoms with Crippen LogP contribution in [0.25, 0.3) is 0 Å². The number of oxime groups is 1. The summed E-state index contributed by atoms with van der Waals surface area (Å²) in [6.07, 6.45) is -4.05. The van der Waals surface area contributed by atoms with E-state index in [-0.39, 0.29) is 24.6 Å². The molecule has 0 aliphatic carbocycles. The molecule has 0 unspecified atom stereocenters. The van der Waals surface area contributed by atoms with Crippen LogP contribution >= 0.6 is 0 Å². The van der Waals surface area contributed by atoms with Crippen molar-refractivity contribution in [2.45, 2.75) is 30.7 Å². The van der Waals surface area contributed by atoms with Gasteiger partial charge < -0.3 is 15.3 Å². The first-order chi connectivity index (χ1) is 14.1. The van der Waals surface area contributed by atoms with Crippen LogP contribution in [-0.2, 0) is 21.5 Å². The Morgan fingerprint density at radius 3 is 2.33 bits per heavy atom. The third-order valence-corrected chi connectivity index (χ3v) is 6.28. The Kier molecular flexibility index (Phi) is 6.52. The van der Waals surface area contributed by atoms with Crippen LogP contribution in [0.2, 0.25) is 0 Å². The lowest BCUT2D eigenvalue weighted by Crippen LogP contribution is -2.38. The van der Waals surface area contributed by atoms with Gasteiger partial charge >= 0.3 is 6.36 Å². The summed E-state index contributed by atoms with van der Waals surface area (Å²) in [5.74, 6) is -0.480. The summed E-state index contributed by atoms with van der Waals surface area (Å²) in [5.41, 5.74) is 7.93. The van der Waals surface area contributed by atoms with Gasteiger partial charge in [-0.05, 0) is 42.0 Å². The lowest BCUT2D eigenvalue weighted by atomic mass is 10.1. The molecule has 0 saturated carbocycles. The Balaban J connectivity index is 1.55. The number of nitrogens with zero attached hydrogens (tertiary/aromatic N) is 2. The van der Waals surface area contributed by atoms with Crippen molar-refractivity contribution in [3.8, 4) is 5.75 Å². The van der Waals surface area contributed by atoms with E-state index in [0.717, 1.165) is 35.5 Å². The first kappa shape index (κ1) is 21.9. The Morgan fingerprint density at radius 1 is 1.07 bits per heavy atom. The van der Waals surface area contributed by atoms with Crippen LogP contribution < -0.4 is 10.5 Å². The predicted octanol–water partition coefficient (Wildman–Crippen LogP) is 3.52. The average Bonchev–Trinajstić information content (AvgIpc) is 2.68. The number of anilines is 1. The van der Waals surface area contributed by atoms with E-state index < -0.39 is 22.1 Å². The number of ether oxygens (including phenoxy) is 1. The molecule has 30 heavy (non-hydrogen) atoms. The largest absolute Gasteiger partial charge is 0.573 e. The predicted molar refractivity (Wildman–Crippen MR) is 104 cm³/mol. The van der Waals surface area contributed by atoms with Crippen LogP contribution in [0.15, 0.2) is 58.6 Å². The van der Waals surface area contributed by atoms with Crippen molar-refractivity contribution in [3.05, 3.63) is 54.1 Å². The fraction of sp³-hybridized carbons (Fsp3) is 0.316. The number of nitrogens with two attached hydrogens (primary N) is 1. The van der Waals surface area contributed by atoms with Crippen LogP contribution in [0.1, 0.15) is 18.4 Å². The molecule has 1 aliphatic heterocycles. The van der Waals surface area contributed by atoms with E-state index in [4.69, 9.17) is 10.6 Å². The highest BCUT2D eigenvalue weighted by Crippen LogP contribution is 2.26. The van der Waals surface area contributed by atoms with Gasteiger partial charge in [0.05, 0.1) is 10.6 Å². The number of nitrogen functional groups attached to an aromatic ring is 1. The molecule has 0 radical (unpaired) electrons. The Bertz CT molecular complexity index is 998. The summed E-state index contributed by atoms with van der Waals surface area (Å²) in [7, 11) is -3.83. The number of alkyl halides is 3. The molecule has 1 fully saturated rings. The zero-order valence-electron chi connectivity index (χ0n) is 15.8. The maximum atomic E-state index is 12.7. The summed E-state index contributed by atoms with van der Waals surface area (Å²) in [6.45, 7) is 0.649. The third kappa shape index (κ3) is 5.86. The third-order valence-electron chi connectivity index (χ3n) is 4.37. The molecule has 1 heterocycles. The summed E-state index contributed by atoms with van der Waals surface area (Å²) in [4.78, 5) is 5.23. The van der Waals surface area contributed by atoms with E-state index >= 15 is 0 Å². The Labute approximate surface area is 171 Å². The molecule has 2 aromatic carbocycles. The van der Waals surface area contributed by atoms with Crippen molar-refractivity contribution in [2.24, 2.45) is 5.16 Å². The highest BCUT2D eigenvalue weighted by atomic mass is 32.2. The van der Waals surface area contributed by atoms with Crippen LogP contribution in [0.4, 0.5) is 18.9 Å². The standard InChI is InChI=1S/C19H20F3N3O4S/c20-19(21,22)29-17-4-6-18(7-5-17)30(26,27)25-10-8-16(9-11-25)24-28-13-14-2-1-3-15(23)12-14/h1-7,12H,8-11,13,23H2. The number of piperidine rings is 1. The van der Waals surface area contributed by atoms with E-state index in [1.807, 2.05) is 12.1 Å². The quantitative estimate of drug-likeness (QED) is 0.545. The van der Waals surface area contributed by atoms with Gasteiger partial charge in [-0.15, -0.1) is 13.2 Å². The van der Waals surface area contributed by atoms with E-state index in [9.17, 15) is 21.6 Å². The zero-order valence-corrected chi connectivity index (χ0v) is 16.6. The first-order valence-electron chi connectivity index (χ1n) is 9.01. The second kappa shape index (κ2) is 8.92. The molecule has 0 amide bonds. The topological polar surface area (TPSA) is 94.2 Å². The molecular weight excluding hydrogens is 423 g/mol. The second-order valence-corrected chi connectivity index (χ2v) is 8.54. The molecule has 0 bridgehead atoms. The number of sulfonamides is 1. The normalized spacial score (nSPS) is 15.6. The fourth-order valence-corrected chi connectivity index (χ4v) is 4.36. The Hall–Kier alpha value is -2.79. The van der Waals surface area contributed by atoms with Crippen molar-refractivity contribution in [1.82, 2.24) is 4.31 Å². The smallest absolute Gasteiger partial charge is 0.406 e. The molecule has 1 aliphatic rings. The molecule has 0 aromatic heterocycles. The highest BCUT2D eigenvalue weighted by molar-refractivity contribution is 7.89.